The molecule has 0 radical (unpaired) electrons. The average molecular weight is 435 g/mol. The van der Waals surface area contributed by atoms with Crippen LogP contribution < -0.4 is 10.6 Å². The molecule has 0 aliphatic heterocycles. The molecule has 0 unspecified atom stereocenters. The summed E-state index contributed by atoms with van der Waals surface area (Å²) in [6.45, 7) is 0.240. The van der Waals surface area contributed by atoms with Gasteiger partial charge in [0.05, 0.1) is 6.54 Å². The maximum absolute atomic E-state index is 12.5. The van der Waals surface area contributed by atoms with Crippen molar-refractivity contribution in [2.24, 2.45) is 0 Å². The number of ether oxygens (including phenoxy) is 1. The van der Waals surface area contributed by atoms with Crippen LogP contribution in [0.1, 0.15) is 17.0 Å². The maximum atomic E-state index is 12.5. The monoisotopic (exact) mass is 435 g/mol. The number of nitrogens with one attached hydrogen (secondary N) is 2. The molecule has 0 bridgehead atoms. The third kappa shape index (κ3) is 5.65. The van der Waals surface area contributed by atoms with Gasteiger partial charge in [-0.05, 0) is 36.3 Å². The average Bonchev–Trinajstić information content (AvgIpc) is 3.08. The van der Waals surface area contributed by atoms with Gasteiger partial charge in [0, 0.05) is 18.4 Å². The van der Waals surface area contributed by atoms with Gasteiger partial charge in [0.25, 0.3) is 0 Å². The lowest BCUT2D eigenvalue weighted by atomic mass is 9.98. The zero-order chi connectivity index (χ0) is 23.1. The summed E-state index contributed by atoms with van der Waals surface area (Å²) < 4.78 is 5.50. The Bertz CT molecular complexity index is 1030. The Balaban J connectivity index is 1.62. The van der Waals surface area contributed by atoms with Crippen LogP contribution in [0.3, 0.4) is 0 Å². The summed E-state index contributed by atoms with van der Waals surface area (Å²) in [5, 5.41) is 13.6. The van der Waals surface area contributed by atoms with E-state index in [1.807, 2.05) is 42.3 Å². The van der Waals surface area contributed by atoms with E-state index in [1.54, 1.807) is 19.0 Å². The highest BCUT2D eigenvalue weighted by molar-refractivity contribution is 5.88. The second-order valence-corrected chi connectivity index (χ2v) is 7.61. The molecular weight excluding hydrogens is 410 g/mol. The van der Waals surface area contributed by atoms with Gasteiger partial charge in [-0.25, -0.2) is 9.59 Å². The smallest absolute Gasteiger partial charge is 0.407 e. The fraction of sp³-hybridized carbons (Fsp3) is 0.292. The molecule has 1 atom stereocenters. The lowest BCUT2D eigenvalue weighted by molar-refractivity contribution is -0.130. The minimum atomic E-state index is -1.28. The molecular formula is C24H25N3O5. The van der Waals surface area contributed by atoms with E-state index >= 15 is 0 Å². The molecule has 1 aliphatic carbocycles. The highest BCUT2D eigenvalue weighted by Crippen LogP contribution is 2.44. The Morgan fingerprint density at radius 3 is 2.22 bits per heavy atom. The first-order chi connectivity index (χ1) is 15.4. The van der Waals surface area contributed by atoms with Crippen molar-refractivity contribution in [3.05, 3.63) is 59.7 Å². The third-order valence-corrected chi connectivity index (χ3v) is 5.05. The van der Waals surface area contributed by atoms with Gasteiger partial charge >= 0.3 is 12.1 Å². The molecule has 8 heteroatoms. The summed E-state index contributed by atoms with van der Waals surface area (Å²) in [5.41, 5.74) is 4.45. The summed E-state index contributed by atoms with van der Waals surface area (Å²) in [7, 11) is 3.54. The Labute approximate surface area is 186 Å². The first kappa shape index (κ1) is 22.8. The summed E-state index contributed by atoms with van der Waals surface area (Å²) in [6.07, 6.45) is -0.703. The number of hydrogen-bond acceptors (Lipinski definition) is 5. The number of alkyl carbamates (subject to hydrolysis) is 1. The Morgan fingerprint density at radius 2 is 1.66 bits per heavy atom. The molecule has 2 amide bonds. The predicted octanol–water partition coefficient (Wildman–Crippen LogP) is 1.66. The number of nitrogens with zero attached hydrogens (tertiary/aromatic N) is 1. The molecule has 166 valence electrons. The van der Waals surface area contributed by atoms with Crippen molar-refractivity contribution in [2.45, 2.75) is 12.0 Å². The Morgan fingerprint density at radius 1 is 1.06 bits per heavy atom. The number of likely N-dealkylation sites (N-methyl/N-ethyl adjacent to an activating group) is 1. The van der Waals surface area contributed by atoms with Crippen molar-refractivity contribution in [1.29, 1.82) is 0 Å². The minimum Gasteiger partial charge on any atom is -0.472 e. The number of aliphatic carboxylic acids is 1. The van der Waals surface area contributed by atoms with E-state index in [0.29, 0.717) is 0 Å². The number of carboxylic acid groups (broad SMARTS) is 1. The molecule has 0 fully saturated rings. The van der Waals surface area contributed by atoms with E-state index in [0.717, 1.165) is 22.3 Å². The standard InChI is InChI=1S/C24H25N3O5/c1-27(2)14-21(23(30)25-13-7-12-22(28)29)26-24(31)32-15-20-18-10-5-3-8-16(18)17-9-4-6-11-19(17)20/h3-6,8-11,20-21H,13-15H2,1-2H3,(H,25,30)(H,26,31)(H,28,29)/t21-/m0/s1. The first-order valence-electron chi connectivity index (χ1n) is 10.1. The number of fused-ring (bicyclic) bond motifs is 3. The van der Waals surface area contributed by atoms with Crippen molar-refractivity contribution < 1.29 is 24.2 Å². The zero-order valence-electron chi connectivity index (χ0n) is 17.9. The Hall–Kier alpha value is -3.83. The fourth-order valence-corrected chi connectivity index (χ4v) is 3.72. The normalized spacial score (nSPS) is 12.7. The van der Waals surface area contributed by atoms with Gasteiger partial charge in [-0.15, -0.1) is 0 Å². The number of carbonyl (C=O) groups excluding carboxylic acids is 2. The molecule has 0 spiro atoms. The molecule has 0 heterocycles. The van der Waals surface area contributed by atoms with Gasteiger partial charge in [-0.1, -0.05) is 54.5 Å². The molecule has 0 saturated heterocycles. The summed E-state index contributed by atoms with van der Waals surface area (Å²) in [5.74, 6) is 2.40. The van der Waals surface area contributed by atoms with E-state index in [-0.39, 0.29) is 25.6 Å². The second-order valence-electron chi connectivity index (χ2n) is 7.61. The van der Waals surface area contributed by atoms with Crippen molar-refractivity contribution in [3.63, 3.8) is 0 Å². The maximum Gasteiger partial charge on any atom is 0.407 e. The lowest BCUT2D eigenvalue weighted by Gasteiger charge is -2.22. The highest BCUT2D eigenvalue weighted by atomic mass is 16.5. The minimum absolute atomic E-state index is 0.0828. The molecule has 0 aromatic heterocycles. The topological polar surface area (TPSA) is 108 Å². The molecule has 2 aromatic rings. The van der Waals surface area contributed by atoms with E-state index in [1.165, 1.54) is 0 Å². The number of hydrogen-bond donors (Lipinski definition) is 3. The van der Waals surface area contributed by atoms with Crippen molar-refractivity contribution in [1.82, 2.24) is 15.5 Å². The third-order valence-electron chi connectivity index (χ3n) is 5.05. The molecule has 0 saturated carbocycles. The van der Waals surface area contributed by atoms with Crippen LogP contribution in [-0.2, 0) is 14.3 Å². The van der Waals surface area contributed by atoms with E-state index in [9.17, 15) is 14.4 Å². The number of carboxylic acids is 1. The predicted molar refractivity (Wildman–Crippen MR) is 119 cm³/mol. The molecule has 2 aromatic carbocycles. The van der Waals surface area contributed by atoms with Gasteiger partial charge in [-0.3, -0.25) is 4.79 Å². The van der Waals surface area contributed by atoms with Crippen LogP contribution in [0.4, 0.5) is 4.79 Å². The summed E-state index contributed by atoms with van der Waals surface area (Å²) >= 11 is 0. The quantitative estimate of drug-likeness (QED) is 0.571. The van der Waals surface area contributed by atoms with Gasteiger partial charge in [-0.2, -0.15) is 0 Å². The fourth-order valence-electron chi connectivity index (χ4n) is 3.72. The van der Waals surface area contributed by atoms with Crippen molar-refractivity contribution in [2.75, 3.05) is 33.8 Å². The van der Waals surface area contributed by atoms with E-state index in [2.05, 4.69) is 28.7 Å². The number of benzene rings is 2. The van der Waals surface area contributed by atoms with Crippen molar-refractivity contribution >= 4 is 18.0 Å². The first-order valence-corrected chi connectivity index (χ1v) is 10.1. The zero-order valence-corrected chi connectivity index (χ0v) is 17.9. The molecule has 3 N–H and O–H groups in total. The molecule has 1 aliphatic rings. The van der Waals surface area contributed by atoms with Gasteiger partial charge < -0.3 is 25.4 Å². The molecule has 32 heavy (non-hydrogen) atoms. The molecule has 8 nitrogen and oxygen atoms in total. The van der Waals surface area contributed by atoms with Crippen LogP contribution in [0.2, 0.25) is 0 Å². The van der Waals surface area contributed by atoms with E-state index in [4.69, 9.17) is 9.84 Å². The van der Waals surface area contributed by atoms with Gasteiger partial charge in [0.2, 0.25) is 5.91 Å². The number of amides is 2. The second kappa shape index (κ2) is 10.5. The van der Waals surface area contributed by atoms with Crippen LogP contribution in [0.25, 0.3) is 11.1 Å². The van der Waals surface area contributed by atoms with Gasteiger partial charge in [0.1, 0.15) is 12.6 Å². The van der Waals surface area contributed by atoms with Crippen LogP contribution in [0.15, 0.2) is 48.5 Å². The van der Waals surface area contributed by atoms with Crippen LogP contribution >= 0.6 is 0 Å². The molecule has 3 rings (SSSR count). The SMILES string of the molecule is CN(C)C[C@H](NC(=O)OCC1c2ccccc2-c2ccccc21)C(=O)NCC#CC(=O)O. The largest absolute Gasteiger partial charge is 0.472 e. The van der Waals surface area contributed by atoms with E-state index < -0.39 is 24.0 Å². The summed E-state index contributed by atoms with van der Waals surface area (Å²) in [4.78, 5) is 37.1. The summed E-state index contributed by atoms with van der Waals surface area (Å²) in [6, 6.07) is 15.2. The van der Waals surface area contributed by atoms with Crippen molar-refractivity contribution in [3.8, 4) is 23.0 Å². The Kier molecular flexibility index (Phi) is 7.47. The highest BCUT2D eigenvalue weighted by Gasteiger charge is 2.29. The van der Waals surface area contributed by atoms with Crippen LogP contribution in [-0.4, -0.2) is 67.8 Å². The van der Waals surface area contributed by atoms with Crippen LogP contribution in [0, 0.1) is 11.8 Å². The number of carbonyl (C=O) groups is 3. The van der Waals surface area contributed by atoms with Crippen LogP contribution in [0.5, 0.6) is 0 Å². The lowest BCUT2D eigenvalue weighted by Crippen LogP contribution is -2.51. The number of rotatable bonds is 7. The van der Waals surface area contributed by atoms with Gasteiger partial charge in [0.15, 0.2) is 0 Å².